The molecule has 0 bridgehead atoms. The molecule has 0 spiro atoms. The minimum Gasteiger partial charge on any atom is -0.504 e. The van der Waals surface area contributed by atoms with Crippen molar-refractivity contribution in [2.24, 2.45) is 0 Å². The van der Waals surface area contributed by atoms with Gasteiger partial charge in [-0.25, -0.2) is 9.97 Å². The molecule has 0 aliphatic heterocycles. The molecule has 1 heterocycles. The predicted octanol–water partition coefficient (Wildman–Crippen LogP) is 1.03. The molecular formula is C11H7N3O5. The number of hydrogen-bond acceptors (Lipinski definition) is 7. The molecule has 1 aromatic carbocycles. The van der Waals surface area contributed by atoms with Crippen LogP contribution in [0.25, 0.3) is 0 Å². The van der Waals surface area contributed by atoms with Gasteiger partial charge in [-0.3, -0.25) is 14.9 Å². The molecule has 8 nitrogen and oxygen atoms in total. The summed E-state index contributed by atoms with van der Waals surface area (Å²) in [7, 11) is 0. The summed E-state index contributed by atoms with van der Waals surface area (Å²) in [6.07, 6.45) is 2.50. The van der Waals surface area contributed by atoms with Gasteiger partial charge in [0.25, 0.3) is 0 Å². The van der Waals surface area contributed by atoms with E-state index in [-0.39, 0.29) is 11.3 Å². The third kappa shape index (κ3) is 2.32. The summed E-state index contributed by atoms with van der Waals surface area (Å²) in [6.45, 7) is 0. The van der Waals surface area contributed by atoms with Crippen molar-refractivity contribution in [1.29, 1.82) is 0 Å². The number of aromatic nitrogens is 2. The van der Waals surface area contributed by atoms with Crippen molar-refractivity contribution < 1.29 is 19.9 Å². The molecule has 0 aliphatic rings. The molecule has 0 aliphatic carbocycles. The van der Waals surface area contributed by atoms with E-state index in [1.807, 2.05) is 0 Å². The molecule has 0 unspecified atom stereocenters. The van der Waals surface area contributed by atoms with E-state index < -0.39 is 27.9 Å². The summed E-state index contributed by atoms with van der Waals surface area (Å²) in [5.74, 6) is -2.25. The number of phenolic OH excluding ortho intramolecular Hbond substituents is 2. The largest absolute Gasteiger partial charge is 0.504 e. The van der Waals surface area contributed by atoms with Gasteiger partial charge in [0, 0.05) is 17.8 Å². The zero-order valence-corrected chi connectivity index (χ0v) is 9.35. The maximum absolute atomic E-state index is 12.0. The van der Waals surface area contributed by atoms with E-state index in [2.05, 4.69) is 9.97 Å². The normalized spacial score (nSPS) is 10.1. The van der Waals surface area contributed by atoms with Crippen LogP contribution in [0.1, 0.15) is 16.1 Å². The summed E-state index contributed by atoms with van der Waals surface area (Å²) >= 11 is 0. The molecular weight excluding hydrogens is 254 g/mol. The van der Waals surface area contributed by atoms with E-state index in [0.717, 1.165) is 18.5 Å². The van der Waals surface area contributed by atoms with Gasteiger partial charge in [-0.15, -0.1) is 0 Å². The topological polar surface area (TPSA) is 126 Å². The number of rotatable bonds is 3. The average Bonchev–Trinajstić information content (AvgIpc) is 2.41. The summed E-state index contributed by atoms with van der Waals surface area (Å²) in [6, 6.07) is 3.14. The average molecular weight is 261 g/mol. The minimum atomic E-state index is -0.897. The van der Waals surface area contributed by atoms with Crippen LogP contribution in [0.15, 0.2) is 30.7 Å². The number of carbonyl (C=O) groups is 1. The van der Waals surface area contributed by atoms with Gasteiger partial charge in [0.15, 0.2) is 5.75 Å². The summed E-state index contributed by atoms with van der Waals surface area (Å²) in [5, 5.41) is 29.4. The maximum Gasteiger partial charge on any atom is 0.315 e. The van der Waals surface area contributed by atoms with Crippen molar-refractivity contribution in [3.8, 4) is 11.5 Å². The Bertz CT molecular complexity index is 657. The zero-order chi connectivity index (χ0) is 14.0. The Kier molecular flexibility index (Phi) is 3.06. The van der Waals surface area contributed by atoms with Crippen molar-refractivity contribution in [3.63, 3.8) is 0 Å². The van der Waals surface area contributed by atoms with E-state index in [9.17, 15) is 25.1 Å². The quantitative estimate of drug-likeness (QED) is 0.365. The lowest BCUT2D eigenvalue weighted by Gasteiger charge is -2.03. The number of nitro groups is 1. The van der Waals surface area contributed by atoms with Gasteiger partial charge in [-0.1, -0.05) is 0 Å². The fourth-order valence-corrected chi connectivity index (χ4v) is 1.45. The third-order valence-corrected chi connectivity index (χ3v) is 2.34. The number of nitrogens with zero attached hydrogens (tertiary/aromatic N) is 3. The molecule has 0 saturated heterocycles. The van der Waals surface area contributed by atoms with E-state index in [1.54, 1.807) is 0 Å². The van der Waals surface area contributed by atoms with Crippen LogP contribution in [0.4, 0.5) is 5.69 Å². The number of nitro benzene ring substituents is 1. The van der Waals surface area contributed by atoms with Gasteiger partial charge in [-0.2, -0.15) is 0 Å². The SMILES string of the molecule is O=C(c1cc(O)c(O)c([N+](=O)[O-])c1)c1ccncn1. The Balaban J connectivity index is 2.52. The number of phenols is 2. The minimum absolute atomic E-state index is 0.0226. The lowest BCUT2D eigenvalue weighted by molar-refractivity contribution is -0.386. The van der Waals surface area contributed by atoms with Gasteiger partial charge in [-0.05, 0) is 12.1 Å². The van der Waals surface area contributed by atoms with E-state index in [1.165, 1.54) is 12.3 Å². The van der Waals surface area contributed by atoms with Gasteiger partial charge in [0.05, 0.1) is 4.92 Å². The number of aromatic hydroxyl groups is 2. The molecule has 96 valence electrons. The van der Waals surface area contributed by atoms with E-state index in [4.69, 9.17) is 0 Å². The van der Waals surface area contributed by atoms with Gasteiger partial charge in [0.2, 0.25) is 11.5 Å². The van der Waals surface area contributed by atoms with E-state index in [0.29, 0.717) is 0 Å². The molecule has 2 rings (SSSR count). The third-order valence-electron chi connectivity index (χ3n) is 2.34. The molecule has 0 amide bonds. The second kappa shape index (κ2) is 4.69. The van der Waals surface area contributed by atoms with Crippen LogP contribution < -0.4 is 0 Å². The van der Waals surface area contributed by atoms with Crippen molar-refractivity contribution in [2.75, 3.05) is 0 Å². The highest BCUT2D eigenvalue weighted by molar-refractivity contribution is 6.08. The molecule has 0 atom stereocenters. The lowest BCUT2D eigenvalue weighted by Crippen LogP contribution is -2.05. The van der Waals surface area contributed by atoms with Crippen LogP contribution >= 0.6 is 0 Å². The van der Waals surface area contributed by atoms with Crippen molar-refractivity contribution in [2.45, 2.75) is 0 Å². The predicted molar refractivity (Wildman–Crippen MR) is 61.9 cm³/mol. The van der Waals surface area contributed by atoms with Crippen LogP contribution in [0.3, 0.4) is 0 Å². The van der Waals surface area contributed by atoms with Gasteiger partial charge >= 0.3 is 5.69 Å². The fourth-order valence-electron chi connectivity index (χ4n) is 1.45. The standard InChI is InChI=1S/C11H7N3O5/c15-9-4-6(3-8(11(9)17)14(18)19)10(16)7-1-2-12-5-13-7/h1-5,15,17H. The molecule has 0 saturated carbocycles. The number of ketones is 1. The Morgan fingerprint density at radius 2 is 2.05 bits per heavy atom. The molecule has 19 heavy (non-hydrogen) atoms. The van der Waals surface area contributed by atoms with E-state index >= 15 is 0 Å². The molecule has 1 aromatic heterocycles. The Hall–Kier alpha value is -3.03. The van der Waals surface area contributed by atoms with Crippen LogP contribution in [0.2, 0.25) is 0 Å². The first kappa shape index (κ1) is 12.4. The monoisotopic (exact) mass is 261 g/mol. The summed E-state index contributed by atoms with van der Waals surface area (Å²) < 4.78 is 0. The molecule has 2 N–H and O–H groups in total. The first-order valence-electron chi connectivity index (χ1n) is 5.02. The summed E-state index contributed by atoms with van der Waals surface area (Å²) in [5.41, 5.74) is -0.882. The highest BCUT2D eigenvalue weighted by Gasteiger charge is 2.22. The first-order chi connectivity index (χ1) is 9.00. The Morgan fingerprint density at radius 3 is 2.63 bits per heavy atom. The smallest absolute Gasteiger partial charge is 0.315 e. The fraction of sp³-hybridized carbons (Fsp3) is 0. The Morgan fingerprint density at radius 1 is 1.32 bits per heavy atom. The van der Waals surface area contributed by atoms with Crippen LogP contribution in [0.5, 0.6) is 11.5 Å². The molecule has 8 heteroatoms. The number of carbonyl (C=O) groups excluding carboxylic acids is 1. The second-order valence-corrected chi connectivity index (χ2v) is 3.54. The highest BCUT2D eigenvalue weighted by atomic mass is 16.6. The van der Waals surface area contributed by atoms with Gasteiger partial charge < -0.3 is 10.2 Å². The van der Waals surface area contributed by atoms with Crippen LogP contribution in [-0.4, -0.2) is 30.9 Å². The van der Waals surface area contributed by atoms with Crippen molar-refractivity contribution in [1.82, 2.24) is 9.97 Å². The lowest BCUT2D eigenvalue weighted by atomic mass is 10.1. The maximum atomic E-state index is 12.0. The first-order valence-corrected chi connectivity index (χ1v) is 5.02. The Labute approximate surface area is 106 Å². The van der Waals surface area contributed by atoms with Crippen LogP contribution in [-0.2, 0) is 0 Å². The molecule has 0 fully saturated rings. The van der Waals surface area contributed by atoms with Crippen molar-refractivity contribution in [3.05, 3.63) is 52.1 Å². The number of benzene rings is 1. The number of hydrogen-bond donors (Lipinski definition) is 2. The van der Waals surface area contributed by atoms with Crippen molar-refractivity contribution >= 4 is 11.5 Å². The molecule has 0 radical (unpaired) electrons. The second-order valence-electron chi connectivity index (χ2n) is 3.54. The summed E-state index contributed by atoms with van der Waals surface area (Å²) in [4.78, 5) is 29.1. The van der Waals surface area contributed by atoms with Gasteiger partial charge in [0.1, 0.15) is 12.0 Å². The zero-order valence-electron chi connectivity index (χ0n) is 9.35. The molecule has 2 aromatic rings. The van der Waals surface area contributed by atoms with Crippen LogP contribution in [0, 0.1) is 10.1 Å². The highest BCUT2D eigenvalue weighted by Crippen LogP contribution is 2.36.